The molecule has 1 heterocycles. The van der Waals surface area contributed by atoms with E-state index >= 15 is 0 Å². The van der Waals surface area contributed by atoms with Crippen molar-refractivity contribution in [1.82, 2.24) is 4.31 Å². The Bertz CT molecular complexity index is 984. The summed E-state index contributed by atoms with van der Waals surface area (Å²) < 4.78 is 67.4. The van der Waals surface area contributed by atoms with Gasteiger partial charge in [0.05, 0.1) is 4.90 Å². The normalized spacial score (nSPS) is 20.7. The topological polar surface area (TPSA) is 60.9 Å². The third-order valence-corrected chi connectivity index (χ3v) is 7.81. The molecular weight excluding hydrogens is 417 g/mol. The monoisotopic (exact) mass is 440 g/mol. The van der Waals surface area contributed by atoms with Gasteiger partial charge in [-0.3, -0.25) is 0 Å². The van der Waals surface area contributed by atoms with E-state index in [2.05, 4.69) is 0 Å². The summed E-state index contributed by atoms with van der Waals surface area (Å²) in [6.45, 7) is 1.43. The Kier molecular flexibility index (Phi) is 5.32. The first-order valence-corrected chi connectivity index (χ1v) is 11.3. The maximum Gasteiger partial charge on any atom is 0.421 e. The van der Waals surface area contributed by atoms with Gasteiger partial charge in [-0.25, -0.2) is 8.42 Å². The van der Waals surface area contributed by atoms with Crippen molar-refractivity contribution in [3.8, 4) is 0 Å². The molecule has 0 radical (unpaired) electrons. The number of piperazine rings is 1. The van der Waals surface area contributed by atoms with Gasteiger partial charge >= 0.3 is 6.18 Å². The molecule has 1 aliphatic heterocycles. The van der Waals surface area contributed by atoms with Crippen molar-refractivity contribution in [2.24, 2.45) is 5.92 Å². The van der Waals surface area contributed by atoms with Crippen molar-refractivity contribution in [3.63, 3.8) is 0 Å². The second kappa shape index (κ2) is 7.55. The first-order chi connectivity index (χ1) is 14.1. The summed E-state index contributed by atoms with van der Waals surface area (Å²) in [5.74, 6) is -0.796. The molecule has 2 fully saturated rings. The molecule has 1 saturated carbocycles. The molecular formula is C21H23F3N2O3S. The van der Waals surface area contributed by atoms with Crippen LogP contribution in [0, 0.1) is 5.92 Å². The second-order valence-electron chi connectivity index (χ2n) is 7.79. The number of nitrogens with zero attached hydrogens (tertiary/aromatic N) is 2. The number of rotatable bonds is 5. The summed E-state index contributed by atoms with van der Waals surface area (Å²) in [4.78, 5) is 2.18. The van der Waals surface area contributed by atoms with Crippen LogP contribution in [0.1, 0.15) is 18.4 Å². The van der Waals surface area contributed by atoms with E-state index in [1.165, 1.54) is 16.4 Å². The molecule has 5 nitrogen and oxygen atoms in total. The van der Waals surface area contributed by atoms with Crippen molar-refractivity contribution in [1.29, 1.82) is 0 Å². The number of sulfonamides is 1. The summed E-state index contributed by atoms with van der Waals surface area (Å²) >= 11 is 0. The molecule has 2 aliphatic rings. The highest BCUT2D eigenvalue weighted by molar-refractivity contribution is 7.89. The lowest BCUT2D eigenvalue weighted by molar-refractivity contribution is -0.275. The maximum absolute atomic E-state index is 13.5. The average Bonchev–Trinajstić information content (AvgIpc) is 3.59. The Morgan fingerprint density at radius 1 is 0.867 bits per heavy atom. The molecule has 1 aliphatic carbocycles. The molecule has 0 bridgehead atoms. The van der Waals surface area contributed by atoms with Gasteiger partial charge < -0.3 is 10.0 Å². The number of alkyl halides is 3. The van der Waals surface area contributed by atoms with E-state index in [0.29, 0.717) is 31.6 Å². The minimum Gasteiger partial charge on any atom is -0.376 e. The SMILES string of the molecule is O=S(=O)(c1ccccc1)N1CCN(c2ccc([C@](O)(C3CC3)C(F)(F)F)cc2)CC1. The Morgan fingerprint density at radius 2 is 1.43 bits per heavy atom. The first-order valence-electron chi connectivity index (χ1n) is 9.84. The van der Waals surface area contributed by atoms with E-state index < -0.39 is 27.7 Å². The van der Waals surface area contributed by atoms with Gasteiger partial charge in [-0.15, -0.1) is 0 Å². The Hall–Kier alpha value is -2.10. The lowest BCUT2D eigenvalue weighted by atomic mass is 9.88. The number of hydrogen-bond donors (Lipinski definition) is 1. The van der Waals surface area contributed by atoms with Crippen LogP contribution in [0.4, 0.5) is 18.9 Å². The van der Waals surface area contributed by atoms with Gasteiger partial charge in [-0.1, -0.05) is 30.3 Å². The molecule has 0 spiro atoms. The summed E-state index contributed by atoms with van der Waals surface area (Å²) in [7, 11) is -3.56. The van der Waals surface area contributed by atoms with E-state index in [1.807, 2.05) is 4.90 Å². The van der Waals surface area contributed by atoms with Crippen LogP contribution in [0.3, 0.4) is 0 Å². The molecule has 9 heteroatoms. The summed E-state index contributed by atoms with van der Waals surface area (Å²) in [6.07, 6.45) is -4.02. The fraction of sp³-hybridized carbons (Fsp3) is 0.429. The fourth-order valence-electron chi connectivity index (χ4n) is 3.99. The van der Waals surface area contributed by atoms with Crippen molar-refractivity contribution < 1.29 is 26.7 Å². The molecule has 2 aromatic rings. The molecule has 4 rings (SSSR count). The maximum atomic E-state index is 13.5. The zero-order valence-corrected chi connectivity index (χ0v) is 17.0. The van der Waals surface area contributed by atoms with E-state index in [1.54, 1.807) is 42.5 Å². The van der Waals surface area contributed by atoms with Gasteiger partial charge in [-0.2, -0.15) is 17.5 Å². The minimum absolute atomic E-state index is 0.147. The highest BCUT2D eigenvalue weighted by Crippen LogP contribution is 2.54. The summed E-state index contributed by atoms with van der Waals surface area (Å²) in [5.41, 5.74) is -2.25. The molecule has 0 aromatic heterocycles. The molecule has 1 saturated heterocycles. The number of halogens is 3. The van der Waals surface area contributed by atoms with Crippen molar-refractivity contribution in [3.05, 3.63) is 60.2 Å². The quantitative estimate of drug-likeness (QED) is 0.775. The number of benzene rings is 2. The minimum atomic E-state index is -4.73. The van der Waals surface area contributed by atoms with Crippen LogP contribution in [-0.2, 0) is 15.6 Å². The Morgan fingerprint density at radius 3 is 1.93 bits per heavy atom. The lowest BCUT2D eigenvalue weighted by Crippen LogP contribution is -2.48. The Labute approximate surface area is 173 Å². The largest absolute Gasteiger partial charge is 0.421 e. The smallest absolute Gasteiger partial charge is 0.376 e. The highest BCUT2D eigenvalue weighted by Gasteiger charge is 2.62. The van der Waals surface area contributed by atoms with Crippen molar-refractivity contribution >= 4 is 15.7 Å². The van der Waals surface area contributed by atoms with Crippen LogP contribution >= 0.6 is 0 Å². The van der Waals surface area contributed by atoms with Gasteiger partial charge in [0.25, 0.3) is 0 Å². The van der Waals surface area contributed by atoms with Crippen LogP contribution in [0.25, 0.3) is 0 Å². The van der Waals surface area contributed by atoms with Crippen molar-refractivity contribution in [2.75, 3.05) is 31.1 Å². The van der Waals surface area contributed by atoms with Crippen LogP contribution in [-0.4, -0.2) is 50.2 Å². The number of hydrogen-bond acceptors (Lipinski definition) is 4. The van der Waals surface area contributed by atoms with Crippen LogP contribution < -0.4 is 4.90 Å². The van der Waals surface area contributed by atoms with Crippen LogP contribution in [0.2, 0.25) is 0 Å². The van der Waals surface area contributed by atoms with E-state index in [4.69, 9.17) is 0 Å². The zero-order valence-electron chi connectivity index (χ0n) is 16.2. The number of aliphatic hydroxyl groups is 1. The third kappa shape index (κ3) is 3.70. The second-order valence-corrected chi connectivity index (χ2v) is 9.73. The van der Waals surface area contributed by atoms with E-state index in [9.17, 15) is 26.7 Å². The van der Waals surface area contributed by atoms with Gasteiger partial charge in [0.2, 0.25) is 10.0 Å². The Balaban J connectivity index is 1.46. The molecule has 1 N–H and O–H groups in total. The summed E-state index contributed by atoms with van der Waals surface area (Å²) in [5, 5.41) is 10.4. The number of anilines is 1. The van der Waals surface area contributed by atoms with E-state index in [0.717, 1.165) is 0 Å². The van der Waals surface area contributed by atoms with Gasteiger partial charge in [0.15, 0.2) is 5.60 Å². The predicted octanol–water partition coefficient (Wildman–Crippen LogP) is 3.36. The summed E-state index contributed by atoms with van der Waals surface area (Å²) in [6, 6.07) is 14.0. The first kappa shape index (κ1) is 21.1. The fourth-order valence-corrected chi connectivity index (χ4v) is 5.43. The predicted molar refractivity (Wildman–Crippen MR) is 107 cm³/mol. The molecule has 0 unspecified atom stereocenters. The van der Waals surface area contributed by atoms with Gasteiger partial charge in [0.1, 0.15) is 0 Å². The van der Waals surface area contributed by atoms with Crippen LogP contribution in [0.5, 0.6) is 0 Å². The molecule has 2 aromatic carbocycles. The molecule has 162 valence electrons. The lowest BCUT2D eigenvalue weighted by Gasteiger charge is -2.36. The zero-order chi connectivity index (χ0) is 21.6. The van der Waals surface area contributed by atoms with Crippen LogP contribution in [0.15, 0.2) is 59.5 Å². The highest BCUT2D eigenvalue weighted by atomic mass is 32.2. The van der Waals surface area contributed by atoms with Gasteiger partial charge in [-0.05, 0) is 42.7 Å². The van der Waals surface area contributed by atoms with Gasteiger partial charge in [0, 0.05) is 37.8 Å². The standard InChI is InChI=1S/C21H23F3N2O3S/c22-21(23,24)20(27,16-6-7-16)17-8-10-18(11-9-17)25-12-14-26(15-13-25)30(28,29)19-4-2-1-3-5-19/h1-5,8-11,16,27H,6-7,12-15H2/t20-/m1/s1. The van der Waals surface area contributed by atoms with Crippen molar-refractivity contribution in [2.45, 2.75) is 29.5 Å². The van der Waals surface area contributed by atoms with E-state index in [-0.39, 0.29) is 23.5 Å². The molecule has 0 amide bonds. The third-order valence-electron chi connectivity index (χ3n) is 5.89. The molecule has 30 heavy (non-hydrogen) atoms. The average molecular weight is 440 g/mol. The molecule has 1 atom stereocenters.